The van der Waals surface area contributed by atoms with Crippen molar-refractivity contribution in [3.05, 3.63) is 98.7 Å². The number of aromatic nitrogens is 5. The second-order valence-corrected chi connectivity index (χ2v) is 8.48. The molecule has 5 rings (SSSR count). The number of hydrogen-bond donors (Lipinski definition) is 1. The Morgan fingerprint density at radius 2 is 1.80 bits per heavy atom. The molecular weight excluding hydrogens is 442 g/mol. The third-order valence-corrected chi connectivity index (χ3v) is 5.86. The van der Waals surface area contributed by atoms with Crippen LogP contribution in [0.5, 0.6) is 0 Å². The molecule has 0 amide bonds. The summed E-state index contributed by atoms with van der Waals surface area (Å²) in [4.78, 5) is 44.5. The van der Waals surface area contributed by atoms with Gasteiger partial charge in [-0.25, -0.2) is 9.78 Å². The molecule has 1 N–H and O–H groups in total. The molecule has 0 aliphatic heterocycles. The molecule has 0 radical (unpaired) electrons. The predicted molar refractivity (Wildman–Crippen MR) is 131 cm³/mol. The van der Waals surface area contributed by atoms with E-state index in [1.54, 1.807) is 54.7 Å². The Kier molecular flexibility index (Phi) is 4.96. The highest BCUT2D eigenvalue weighted by molar-refractivity contribution is 6.01. The second-order valence-electron chi connectivity index (χ2n) is 8.48. The van der Waals surface area contributed by atoms with Crippen molar-refractivity contribution in [3.63, 3.8) is 0 Å². The lowest BCUT2D eigenvalue weighted by molar-refractivity contribution is 0.686. The van der Waals surface area contributed by atoms with Crippen molar-refractivity contribution < 1.29 is 0 Å². The summed E-state index contributed by atoms with van der Waals surface area (Å²) in [5, 5.41) is 9.65. The maximum absolute atomic E-state index is 13.0. The van der Waals surface area contributed by atoms with E-state index in [0.717, 1.165) is 5.56 Å². The minimum atomic E-state index is -0.694. The molecule has 4 heterocycles. The molecule has 0 aliphatic carbocycles. The average Bonchev–Trinajstić information content (AvgIpc) is 2.88. The van der Waals surface area contributed by atoms with Crippen LogP contribution in [0, 0.1) is 17.9 Å². The zero-order chi connectivity index (χ0) is 24.7. The van der Waals surface area contributed by atoms with E-state index in [1.807, 2.05) is 13.8 Å². The van der Waals surface area contributed by atoms with E-state index in [1.165, 1.54) is 10.8 Å². The number of nitrogens with one attached hydrogen (secondary N) is 1. The van der Waals surface area contributed by atoms with Crippen LogP contribution in [0.25, 0.3) is 43.7 Å². The summed E-state index contributed by atoms with van der Waals surface area (Å²) >= 11 is 0. The van der Waals surface area contributed by atoms with Gasteiger partial charge in [-0.3, -0.25) is 19.3 Å². The molecule has 9 heteroatoms. The molecule has 0 unspecified atom stereocenters. The number of nitriles is 1. The van der Waals surface area contributed by atoms with Crippen molar-refractivity contribution in [1.82, 2.24) is 24.5 Å². The van der Waals surface area contributed by atoms with E-state index in [-0.39, 0.29) is 11.2 Å². The van der Waals surface area contributed by atoms with E-state index < -0.39 is 16.7 Å². The Bertz CT molecular complexity index is 1820. The predicted octanol–water partition coefficient (Wildman–Crippen LogP) is 4.04. The van der Waals surface area contributed by atoms with Gasteiger partial charge in [0.2, 0.25) is 0 Å². The van der Waals surface area contributed by atoms with Crippen molar-refractivity contribution >= 4 is 27.8 Å². The van der Waals surface area contributed by atoms with Gasteiger partial charge in [-0.05, 0) is 49.7 Å². The fraction of sp³-hybridized carbons (Fsp3) is 0.115. The van der Waals surface area contributed by atoms with Gasteiger partial charge >= 0.3 is 5.69 Å². The molecule has 0 aliphatic rings. The van der Waals surface area contributed by atoms with Crippen LogP contribution < -0.4 is 11.2 Å². The molecule has 4 aromatic heterocycles. The molecule has 35 heavy (non-hydrogen) atoms. The van der Waals surface area contributed by atoms with Crippen molar-refractivity contribution in [2.24, 2.45) is 0 Å². The number of H-pyrrole nitrogens is 1. The summed E-state index contributed by atoms with van der Waals surface area (Å²) in [6, 6.07) is 16.2. The normalized spacial score (nSPS) is 11.3. The highest BCUT2D eigenvalue weighted by Gasteiger charge is 2.20. The van der Waals surface area contributed by atoms with Crippen LogP contribution in [0.2, 0.25) is 0 Å². The maximum atomic E-state index is 13.0. The van der Waals surface area contributed by atoms with Gasteiger partial charge in [0.15, 0.2) is 0 Å². The molecule has 1 aromatic carbocycles. The molecule has 0 saturated heterocycles. The molecule has 0 spiro atoms. The van der Waals surface area contributed by atoms with Crippen molar-refractivity contribution in [2.45, 2.75) is 19.3 Å². The van der Waals surface area contributed by atoms with E-state index >= 15 is 0 Å². The summed E-state index contributed by atoms with van der Waals surface area (Å²) in [7, 11) is 0. The van der Waals surface area contributed by atoms with Gasteiger partial charge in [0.05, 0.1) is 39.3 Å². The Labute approximate surface area is 198 Å². The van der Waals surface area contributed by atoms with Crippen LogP contribution >= 0.6 is 0 Å². The summed E-state index contributed by atoms with van der Waals surface area (Å²) in [5.41, 5.74) is 1.88. The standard InChI is InChI=1S/C26H17N7O2/c1-26(2,14-27)16-5-7-17(8-6-16)33-23-18(24(34)32-25(33)35)13-29-20-10-9-19(31-22(20)23)15-4-11-21(28-3)30-12-15/h4-13H,1-2H3,(H,32,34,35). The molecule has 0 fully saturated rings. The van der Waals surface area contributed by atoms with Gasteiger partial charge < -0.3 is 4.85 Å². The van der Waals surface area contributed by atoms with Crippen LogP contribution in [0.3, 0.4) is 0 Å². The largest absolute Gasteiger partial charge is 0.361 e. The average molecular weight is 459 g/mol. The van der Waals surface area contributed by atoms with E-state index in [4.69, 9.17) is 11.6 Å². The Morgan fingerprint density at radius 3 is 2.46 bits per heavy atom. The topological polar surface area (TPSA) is 122 Å². The van der Waals surface area contributed by atoms with Crippen molar-refractivity contribution in [2.75, 3.05) is 0 Å². The van der Waals surface area contributed by atoms with Crippen molar-refractivity contribution in [3.8, 4) is 23.0 Å². The lowest BCUT2D eigenvalue weighted by Gasteiger charge is -2.17. The summed E-state index contributed by atoms with van der Waals surface area (Å²) < 4.78 is 1.39. The minimum Gasteiger partial charge on any atom is -0.361 e. The van der Waals surface area contributed by atoms with Gasteiger partial charge in [-0.2, -0.15) is 5.26 Å². The van der Waals surface area contributed by atoms with Crippen LogP contribution in [0.4, 0.5) is 5.82 Å². The second kappa shape index (κ2) is 8.01. The first-order chi connectivity index (χ1) is 16.8. The number of fused-ring (bicyclic) bond motifs is 3. The van der Waals surface area contributed by atoms with Gasteiger partial charge in [0, 0.05) is 11.8 Å². The smallest absolute Gasteiger partial charge is 0.333 e. The lowest BCUT2D eigenvalue weighted by atomic mass is 9.86. The fourth-order valence-electron chi connectivity index (χ4n) is 3.87. The minimum absolute atomic E-state index is 0.213. The summed E-state index contributed by atoms with van der Waals surface area (Å²) in [5.74, 6) is 0.269. The molecule has 0 saturated carbocycles. The maximum Gasteiger partial charge on any atom is 0.333 e. The van der Waals surface area contributed by atoms with Crippen LogP contribution in [0.1, 0.15) is 19.4 Å². The van der Waals surface area contributed by atoms with Crippen LogP contribution in [-0.4, -0.2) is 24.5 Å². The number of aromatic amines is 1. The fourth-order valence-corrected chi connectivity index (χ4v) is 3.87. The Balaban J connectivity index is 1.80. The number of hydrogen-bond acceptors (Lipinski definition) is 6. The first kappa shape index (κ1) is 21.7. The summed E-state index contributed by atoms with van der Waals surface area (Å²) in [6.45, 7) is 10.7. The molecule has 9 nitrogen and oxygen atoms in total. The van der Waals surface area contributed by atoms with Gasteiger partial charge in [0.1, 0.15) is 11.7 Å². The molecule has 0 atom stereocenters. The summed E-state index contributed by atoms with van der Waals surface area (Å²) in [6.07, 6.45) is 2.97. The van der Waals surface area contributed by atoms with E-state index in [2.05, 4.69) is 25.9 Å². The first-order valence-electron chi connectivity index (χ1n) is 10.6. The van der Waals surface area contributed by atoms with Crippen molar-refractivity contribution in [1.29, 1.82) is 5.26 Å². The number of benzene rings is 1. The molecule has 168 valence electrons. The molecule has 5 aromatic rings. The lowest BCUT2D eigenvalue weighted by Crippen LogP contribution is -2.29. The van der Waals surface area contributed by atoms with Crippen LogP contribution in [0.15, 0.2) is 70.5 Å². The zero-order valence-corrected chi connectivity index (χ0v) is 18.8. The highest BCUT2D eigenvalue weighted by Crippen LogP contribution is 2.27. The van der Waals surface area contributed by atoms with E-state index in [9.17, 15) is 14.9 Å². The quantitative estimate of drug-likeness (QED) is 0.321. The van der Waals surface area contributed by atoms with Gasteiger partial charge in [-0.15, -0.1) is 4.98 Å². The van der Waals surface area contributed by atoms with Gasteiger partial charge in [0.25, 0.3) is 11.4 Å². The SMILES string of the molecule is [C-]#[N+]c1ccc(-c2ccc3ncc4c(=O)[nH]c(=O)n(-c5ccc(C(C)(C)C#N)cc5)c4c3n2)cn1. The molecular formula is C26H17N7O2. The van der Waals surface area contributed by atoms with Crippen LogP contribution in [-0.2, 0) is 5.41 Å². The number of rotatable bonds is 3. The van der Waals surface area contributed by atoms with Gasteiger partial charge in [-0.1, -0.05) is 24.8 Å². The molecule has 0 bridgehead atoms. The highest BCUT2D eigenvalue weighted by atomic mass is 16.2. The number of pyridine rings is 3. The third-order valence-electron chi connectivity index (χ3n) is 5.86. The van der Waals surface area contributed by atoms with E-state index in [0.29, 0.717) is 33.5 Å². The third kappa shape index (κ3) is 3.62. The zero-order valence-electron chi connectivity index (χ0n) is 18.8. The number of nitrogens with zero attached hydrogens (tertiary/aromatic N) is 6. The Morgan fingerprint density at radius 1 is 1.03 bits per heavy atom. The Hall–Kier alpha value is -5.15. The first-order valence-corrected chi connectivity index (χ1v) is 10.6. The monoisotopic (exact) mass is 459 g/mol.